The topological polar surface area (TPSA) is 52.7 Å². The van der Waals surface area contributed by atoms with E-state index in [4.69, 9.17) is 11.6 Å². The summed E-state index contributed by atoms with van der Waals surface area (Å²) in [6.45, 7) is 1.13. The molecule has 0 saturated carbocycles. The fourth-order valence-corrected chi connectivity index (χ4v) is 3.33. The van der Waals surface area contributed by atoms with Crippen molar-refractivity contribution in [3.8, 4) is 0 Å². The zero-order chi connectivity index (χ0) is 18.7. The average Bonchev–Trinajstić information content (AvgIpc) is 2.61. The van der Waals surface area contributed by atoms with E-state index in [9.17, 15) is 9.59 Å². The average molecular weight is 372 g/mol. The molecule has 6 heteroatoms. The van der Waals surface area contributed by atoms with Gasteiger partial charge in [0, 0.05) is 42.6 Å². The summed E-state index contributed by atoms with van der Waals surface area (Å²) < 4.78 is 0. The summed E-state index contributed by atoms with van der Waals surface area (Å²) >= 11 is 6.07. The van der Waals surface area contributed by atoms with Gasteiger partial charge < -0.3 is 15.1 Å². The van der Waals surface area contributed by atoms with Crippen LogP contribution >= 0.6 is 11.6 Å². The number of fused-ring (bicyclic) bond motifs is 1. The van der Waals surface area contributed by atoms with E-state index >= 15 is 0 Å². The lowest BCUT2D eigenvalue weighted by molar-refractivity contribution is -0.115. The molecule has 1 aliphatic heterocycles. The fraction of sp³-hybridized carbons (Fsp3) is 0.300. The molecule has 26 heavy (non-hydrogen) atoms. The molecule has 136 valence electrons. The molecular formula is C20H22ClN3O2. The molecule has 3 rings (SSSR count). The Hall–Kier alpha value is -2.53. The van der Waals surface area contributed by atoms with Gasteiger partial charge in [-0.1, -0.05) is 11.6 Å². The number of anilines is 2. The summed E-state index contributed by atoms with van der Waals surface area (Å²) in [5.41, 5.74) is 3.53. The molecule has 2 amide bonds. The zero-order valence-corrected chi connectivity index (χ0v) is 15.7. The number of halogens is 1. The van der Waals surface area contributed by atoms with Crippen molar-refractivity contribution >= 4 is 34.8 Å². The molecule has 0 unspecified atom stereocenters. The summed E-state index contributed by atoms with van der Waals surface area (Å²) in [6, 6.07) is 12.7. The van der Waals surface area contributed by atoms with Gasteiger partial charge in [0.2, 0.25) is 5.91 Å². The maximum absolute atomic E-state index is 12.4. The van der Waals surface area contributed by atoms with Crippen molar-refractivity contribution in [1.29, 1.82) is 0 Å². The van der Waals surface area contributed by atoms with E-state index < -0.39 is 0 Å². The second kappa shape index (κ2) is 7.79. The Morgan fingerprint density at radius 2 is 1.88 bits per heavy atom. The molecule has 0 spiro atoms. The van der Waals surface area contributed by atoms with Gasteiger partial charge >= 0.3 is 0 Å². The van der Waals surface area contributed by atoms with Crippen molar-refractivity contribution in [3.05, 3.63) is 58.6 Å². The third kappa shape index (κ3) is 4.17. The number of aryl methyl sites for hydroxylation is 1. The monoisotopic (exact) mass is 371 g/mol. The molecule has 0 aliphatic carbocycles. The standard InChI is InChI=1S/C20H22ClN3O2/c1-23(2)20(26)14-5-8-17(9-6-14)22-19(25)13-24-11-3-4-15-12-16(21)7-10-18(15)24/h5-10,12H,3-4,11,13H2,1-2H3,(H,22,25). The zero-order valence-electron chi connectivity index (χ0n) is 15.0. The van der Waals surface area contributed by atoms with Gasteiger partial charge in [0.25, 0.3) is 5.91 Å². The highest BCUT2D eigenvalue weighted by Gasteiger charge is 2.19. The van der Waals surface area contributed by atoms with E-state index in [1.165, 1.54) is 10.5 Å². The number of hydrogen-bond donors (Lipinski definition) is 1. The number of nitrogens with one attached hydrogen (secondary N) is 1. The molecule has 0 aromatic heterocycles. The molecular weight excluding hydrogens is 350 g/mol. The van der Waals surface area contributed by atoms with Crippen LogP contribution in [0, 0.1) is 0 Å². The van der Waals surface area contributed by atoms with E-state index in [1.807, 2.05) is 18.2 Å². The van der Waals surface area contributed by atoms with Crippen LogP contribution in [0.5, 0.6) is 0 Å². The van der Waals surface area contributed by atoms with Gasteiger partial charge in [-0.25, -0.2) is 0 Å². The third-order valence-electron chi connectivity index (χ3n) is 4.41. The van der Waals surface area contributed by atoms with E-state index in [2.05, 4.69) is 10.2 Å². The molecule has 1 heterocycles. The normalized spacial score (nSPS) is 13.1. The number of amides is 2. The summed E-state index contributed by atoms with van der Waals surface area (Å²) in [7, 11) is 3.42. The highest BCUT2D eigenvalue weighted by molar-refractivity contribution is 6.30. The molecule has 0 radical (unpaired) electrons. The van der Waals surface area contributed by atoms with E-state index in [-0.39, 0.29) is 18.4 Å². The number of hydrogen-bond acceptors (Lipinski definition) is 3. The van der Waals surface area contributed by atoms with Crippen molar-refractivity contribution in [3.63, 3.8) is 0 Å². The van der Waals surface area contributed by atoms with E-state index in [1.54, 1.807) is 38.4 Å². The van der Waals surface area contributed by atoms with Crippen molar-refractivity contribution in [1.82, 2.24) is 4.90 Å². The van der Waals surface area contributed by atoms with Gasteiger partial charge in [-0.3, -0.25) is 9.59 Å². The molecule has 0 fully saturated rings. The number of rotatable bonds is 4. The van der Waals surface area contributed by atoms with Crippen LogP contribution in [0.3, 0.4) is 0 Å². The lowest BCUT2D eigenvalue weighted by Crippen LogP contribution is -2.36. The first-order chi connectivity index (χ1) is 12.4. The van der Waals surface area contributed by atoms with Crippen molar-refractivity contribution in [2.75, 3.05) is 37.4 Å². The molecule has 1 aliphatic rings. The number of benzene rings is 2. The first kappa shape index (κ1) is 18.3. The minimum Gasteiger partial charge on any atom is -0.362 e. The smallest absolute Gasteiger partial charge is 0.253 e. The van der Waals surface area contributed by atoms with Gasteiger partial charge in [0.15, 0.2) is 0 Å². The Morgan fingerprint density at radius 3 is 2.58 bits per heavy atom. The lowest BCUT2D eigenvalue weighted by atomic mass is 10.0. The van der Waals surface area contributed by atoms with Crippen LogP contribution in [0.1, 0.15) is 22.3 Å². The summed E-state index contributed by atoms with van der Waals surface area (Å²) in [6.07, 6.45) is 1.98. The highest BCUT2D eigenvalue weighted by Crippen LogP contribution is 2.29. The van der Waals surface area contributed by atoms with Crippen LogP contribution in [0.25, 0.3) is 0 Å². The van der Waals surface area contributed by atoms with Crippen LogP contribution in [-0.4, -0.2) is 43.9 Å². The quantitative estimate of drug-likeness (QED) is 0.895. The minimum absolute atomic E-state index is 0.0635. The van der Waals surface area contributed by atoms with Crippen molar-refractivity contribution in [2.45, 2.75) is 12.8 Å². The Bertz CT molecular complexity index is 818. The van der Waals surface area contributed by atoms with E-state index in [0.717, 1.165) is 30.1 Å². The molecule has 0 saturated heterocycles. The summed E-state index contributed by atoms with van der Waals surface area (Å²) in [5.74, 6) is -0.147. The minimum atomic E-state index is -0.0838. The van der Waals surface area contributed by atoms with Gasteiger partial charge in [0.1, 0.15) is 0 Å². The van der Waals surface area contributed by atoms with Crippen molar-refractivity contribution in [2.24, 2.45) is 0 Å². The number of nitrogens with zero attached hydrogens (tertiary/aromatic N) is 2. The molecule has 0 atom stereocenters. The third-order valence-corrected chi connectivity index (χ3v) is 4.65. The molecule has 5 nitrogen and oxygen atoms in total. The predicted molar refractivity (Wildman–Crippen MR) is 105 cm³/mol. The van der Waals surface area contributed by atoms with Gasteiger partial charge in [-0.05, 0) is 60.9 Å². The predicted octanol–water partition coefficient (Wildman–Crippen LogP) is 3.43. The molecule has 1 N–H and O–H groups in total. The van der Waals surface area contributed by atoms with Crippen LogP contribution in [0.4, 0.5) is 11.4 Å². The maximum Gasteiger partial charge on any atom is 0.253 e. The summed E-state index contributed by atoms with van der Waals surface area (Å²) in [5, 5.41) is 3.62. The Balaban J connectivity index is 1.64. The first-order valence-electron chi connectivity index (χ1n) is 8.59. The molecule has 2 aromatic rings. The highest BCUT2D eigenvalue weighted by atomic mass is 35.5. The van der Waals surface area contributed by atoms with Gasteiger partial charge in [-0.2, -0.15) is 0 Å². The van der Waals surface area contributed by atoms with E-state index in [0.29, 0.717) is 11.3 Å². The lowest BCUT2D eigenvalue weighted by Gasteiger charge is -2.30. The van der Waals surface area contributed by atoms with Crippen LogP contribution < -0.4 is 10.2 Å². The van der Waals surface area contributed by atoms with Crippen LogP contribution in [0.15, 0.2) is 42.5 Å². The Kier molecular flexibility index (Phi) is 5.47. The second-order valence-electron chi connectivity index (χ2n) is 6.62. The summed E-state index contributed by atoms with van der Waals surface area (Å²) in [4.78, 5) is 27.9. The number of carbonyl (C=O) groups is 2. The van der Waals surface area contributed by atoms with Crippen LogP contribution in [-0.2, 0) is 11.2 Å². The molecule has 0 bridgehead atoms. The molecule has 2 aromatic carbocycles. The fourth-order valence-electron chi connectivity index (χ4n) is 3.14. The van der Waals surface area contributed by atoms with Crippen molar-refractivity contribution < 1.29 is 9.59 Å². The van der Waals surface area contributed by atoms with Gasteiger partial charge in [-0.15, -0.1) is 0 Å². The first-order valence-corrected chi connectivity index (χ1v) is 8.97. The SMILES string of the molecule is CN(C)C(=O)c1ccc(NC(=O)CN2CCCc3cc(Cl)ccc32)cc1. The van der Waals surface area contributed by atoms with Crippen LogP contribution in [0.2, 0.25) is 5.02 Å². The van der Waals surface area contributed by atoms with Gasteiger partial charge in [0.05, 0.1) is 6.54 Å². The Morgan fingerprint density at radius 1 is 1.15 bits per heavy atom. The number of carbonyl (C=O) groups excluding carboxylic acids is 2. The largest absolute Gasteiger partial charge is 0.362 e. The maximum atomic E-state index is 12.4. The Labute approximate surface area is 158 Å². The second-order valence-corrected chi connectivity index (χ2v) is 7.06.